The van der Waals surface area contributed by atoms with Crippen LogP contribution in [0.25, 0.3) is 0 Å². The van der Waals surface area contributed by atoms with Crippen LogP contribution in [0.3, 0.4) is 0 Å². The molecular formula is C19H20N2O3. The van der Waals surface area contributed by atoms with Crippen molar-refractivity contribution in [3.8, 4) is 0 Å². The van der Waals surface area contributed by atoms with Crippen LogP contribution in [0.4, 0.5) is 11.4 Å². The fourth-order valence-corrected chi connectivity index (χ4v) is 2.24. The molecule has 0 aliphatic heterocycles. The van der Waals surface area contributed by atoms with Gasteiger partial charge in [0.05, 0.1) is 0 Å². The summed E-state index contributed by atoms with van der Waals surface area (Å²) in [5, 5.41) is 2.73. The predicted molar refractivity (Wildman–Crippen MR) is 94.3 cm³/mol. The smallest absolute Gasteiger partial charge is 0.244 e. The minimum Gasteiger partial charge on any atom is -0.325 e. The Kier molecular flexibility index (Phi) is 5.47. The summed E-state index contributed by atoms with van der Waals surface area (Å²) in [6.07, 6.45) is 0. The summed E-state index contributed by atoms with van der Waals surface area (Å²) in [6.45, 7) is 4.79. The number of ketones is 1. The second-order valence-electron chi connectivity index (χ2n) is 5.62. The van der Waals surface area contributed by atoms with Crippen molar-refractivity contribution in [2.75, 3.05) is 16.8 Å². The summed E-state index contributed by atoms with van der Waals surface area (Å²) in [6, 6.07) is 14.0. The zero-order valence-electron chi connectivity index (χ0n) is 14.0. The Morgan fingerprint density at radius 3 is 2.00 bits per heavy atom. The van der Waals surface area contributed by atoms with E-state index in [0.717, 1.165) is 5.56 Å². The Bertz CT molecular complexity index is 749. The number of carbonyl (C=O) groups excluding carboxylic acids is 3. The van der Waals surface area contributed by atoms with Crippen molar-refractivity contribution in [1.29, 1.82) is 0 Å². The molecule has 124 valence electrons. The lowest BCUT2D eigenvalue weighted by molar-refractivity contribution is -0.120. The molecule has 0 saturated heterocycles. The molecule has 2 rings (SSSR count). The van der Waals surface area contributed by atoms with Gasteiger partial charge in [0, 0.05) is 23.9 Å². The Hall–Kier alpha value is -2.95. The molecule has 0 heterocycles. The molecule has 2 aromatic rings. The fraction of sp³-hybridized carbons (Fsp3) is 0.211. The Morgan fingerprint density at radius 1 is 0.917 bits per heavy atom. The fourth-order valence-electron chi connectivity index (χ4n) is 2.24. The van der Waals surface area contributed by atoms with Crippen molar-refractivity contribution in [3.63, 3.8) is 0 Å². The number of amides is 2. The van der Waals surface area contributed by atoms with Crippen LogP contribution in [0.1, 0.15) is 29.8 Å². The standard InChI is InChI=1S/C19H20N2O3/c1-13-4-10-18(11-5-13)21(15(3)23)12-19(24)20-17-8-6-16(7-9-17)14(2)22/h4-11H,12H2,1-3H3,(H,20,24). The average Bonchev–Trinajstić information content (AvgIpc) is 2.54. The lowest BCUT2D eigenvalue weighted by atomic mass is 10.1. The maximum absolute atomic E-state index is 12.2. The van der Waals surface area contributed by atoms with Gasteiger partial charge in [-0.3, -0.25) is 14.4 Å². The first-order valence-electron chi connectivity index (χ1n) is 7.62. The zero-order valence-corrected chi connectivity index (χ0v) is 14.0. The molecule has 0 aromatic heterocycles. The van der Waals surface area contributed by atoms with E-state index in [9.17, 15) is 14.4 Å². The molecule has 5 nitrogen and oxygen atoms in total. The number of nitrogens with one attached hydrogen (secondary N) is 1. The Morgan fingerprint density at radius 2 is 1.50 bits per heavy atom. The predicted octanol–water partition coefficient (Wildman–Crippen LogP) is 3.19. The molecule has 0 radical (unpaired) electrons. The first-order chi connectivity index (χ1) is 11.4. The molecule has 1 N–H and O–H groups in total. The molecular weight excluding hydrogens is 304 g/mol. The van der Waals surface area contributed by atoms with E-state index in [1.54, 1.807) is 24.3 Å². The highest BCUT2D eigenvalue weighted by molar-refractivity contribution is 6.02. The quantitative estimate of drug-likeness (QED) is 0.859. The number of Topliss-reactive ketones (excluding diaryl/α,β-unsaturated/α-hetero) is 1. The number of carbonyl (C=O) groups is 3. The van der Waals surface area contributed by atoms with E-state index in [2.05, 4.69) is 5.32 Å². The lowest BCUT2D eigenvalue weighted by Gasteiger charge is -2.21. The maximum Gasteiger partial charge on any atom is 0.244 e. The molecule has 0 unspecified atom stereocenters. The molecule has 0 atom stereocenters. The van der Waals surface area contributed by atoms with Gasteiger partial charge in [0.1, 0.15) is 6.54 Å². The van der Waals surface area contributed by atoms with Crippen LogP contribution >= 0.6 is 0 Å². The number of anilines is 2. The third kappa shape index (κ3) is 4.52. The molecule has 2 aromatic carbocycles. The van der Waals surface area contributed by atoms with Crippen molar-refractivity contribution < 1.29 is 14.4 Å². The van der Waals surface area contributed by atoms with Crippen LogP contribution in [0, 0.1) is 6.92 Å². The summed E-state index contributed by atoms with van der Waals surface area (Å²) in [7, 11) is 0. The van der Waals surface area contributed by atoms with Gasteiger partial charge in [-0.05, 0) is 50.2 Å². The highest BCUT2D eigenvalue weighted by atomic mass is 16.2. The highest BCUT2D eigenvalue weighted by Gasteiger charge is 2.15. The molecule has 0 aliphatic rings. The van der Waals surface area contributed by atoms with Crippen molar-refractivity contribution in [1.82, 2.24) is 0 Å². The molecule has 0 fully saturated rings. The summed E-state index contributed by atoms with van der Waals surface area (Å²) in [5.74, 6) is -0.544. The lowest BCUT2D eigenvalue weighted by Crippen LogP contribution is -2.36. The van der Waals surface area contributed by atoms with E-state index in [1.165, 1.54) is 18.7 Å². The second kappa shape index (κ2) is 7.55. The molecule has 0 aliphatic carbocycles. The van der Waals surface area contributed by atoms with E-state index < -0.39 is 0 Å². The maximum atomic E-state index is 12.2. The van der Waals surface area contributed by atoms with E-state index in [-0.39, 0.29) is 24.1 Å². The molecule has 0 saturated carbocycles. The SMILES string of the molecule is CC(=O)c1ccc(NC(=O)CN(C(C)=O)c2ccc(C)cc2)cc1. The number of nitrogens with zero attached hydrogens (tertiary/aromatic N) is 1. The summed E-state index contributed by atoms with van der Waals surface area (Å²) >= 11 is 0. The van der Waals surface area contributed by atoms with Gasteiger partial charge in [-0.25, -0.2) is 0 Å². The van der Waals surface area contributed by atoms with E-state index in [1.807, 2.05) is 31.2 Å². The summed E-state index contributed by atoms with van der Waals surface area (Å²) in [4.78, 5) is 36.7. The van der Waals surface area contributed by atoms with Gasteiger partial charge in [0.25, 0.3) is 0 Å². The van der Waals surface area contributed by atoms with Crippen LogP contribution in [0.15, 0.2) is 48.5 Å². The van der Waals surface area contributed by atoms with Crippen LogP contribution in [-0.2, 0) is 9.59 Å². The highest BCUT2D eigenvalue weighted by Crippen LogP contribution is 2.16. The van der Waals surface area contributed by atoms with Gasteiger partial charge in [-0.1, -0.05) is 17.7 Å². The number of rotatable bonds is 5. The van der Waals surface area contributed by atoms with Crippen molar-refractivity contribution >= 4 is 29.0 Å². The van der Waals surface area contributed by atoms with Gasteiger partial charge in [-0.15, -0.1) is 0 Å². The third-order valence-electron chi connectivity index (χ3n) is 3.60. The number of aryl methyl sites for hydroxylation is 1. The minimum absolute atomic E-state index is 0.0324. The summed E-state index contributed by atoms with van der Waals surface area (Å²) < 4.78 is 0. The van der Waals surface area contributed by atoms with Gasteiger partial charge in [0.2, 0.25) is 11.8 Å². The zero-order chi connectivity index (χ0) is 17.7. The molecule has 2 amide bonds. The molecule has 0 bridgehead atoms. The van der Waals surface area contributed by atoms with Crippen molar-refractivity contribution in [3.05, 3.63) is 59.7 Å². The van der Waals surface area contributed by atoms with Crippen LogP contribution in [0.2, 0.25) is 0 Å². The number of benzene rings is 2. The number of hydrogen-bond acceptors (Lipinski definition) is 3. The van der Waals surface area contributed by atoms with E-state index in [4.69, 9.17) is 0 Å². The van der Waals surface area contributed by atoms with Gasteiger partial charge >= 0.3 is 0 Å². The average molecular weight is 324 g/mol. The van der Waals surface area contributed by atoms with Crippen molar-refractivity contribution in [2.45, 2.75) is 20.8 Å². The number of hydrogen-bond donors (Lipinski definition) is 1. The topological polar surface area (TPSA) is 66.5 Å². The van der Waals surface area contributed by atoms with Crippen LogP contribution in [0.5, 0.6) is 0 Å². The van der Waals surface area contributed by atoms with Gasteiger partial charge in [-0.2, -0.15) is 0 Å². The molecule has 24 heavy (non-hydrogen) atoms. The monoisotopic (exact) mass is 324 g/mol. The second-order valence-corrected chi connectivity index (χ2v) is 5.62. The third-order valence-corrected chi connectivity index (χ3v) is 3.60. The molecule has 0 spiro atoms. The summed E-state index contributed by atoms with van der Waals surface area (Å²) in [5.41, 5.74) is 2.92. The van der Waals surface area contributed by atoms with Gasteiger partial charge in [0.15, 0.2) is 5.78 Å². The first kappa shape index (κ1) is 17.4. The largest absolute Gasteiger partial charge is 0.325 e. The van der Waals surface area contributed by atoms with Gasteiger partial charge < -0.3 is 10.2 Å². The van der Waals surface area contributed by atoms with Crippen LogP contribution < -0.4 is 10.2 Å². The Labute approximate surface area is 141 Å². The molecule has 5 heteroatoms. The van der Waals surface area contributed by atoms with Crippen LogP contribution in [-0.4, -0.2) is 24.1 Å². The van der Waals surface area contributed by atoms with Crippen molar-refractivity contribution in [2.24, 2.45) is 0 Å². The minimum atomic E-state index is -0.304. The first-order valence-corrected chi connectivity index (χ1v) is 7.62. The van der Waals surface area contributed by atoms with E-state index >= 15 is 0 Å². The normalized spacial score (nSPS) is 10.1. The van der Waals surface area contributed by atoms with E-state index in [0.29, 0.717) is 16.9 Å². The Balaban J connectivity index is 2.06.